The van der Waals surface area contributed by atoms with Crippen LogP contribution in [-0.2, 0) is 9.59 Å². The zero-order valence-electron chi connectivity index (χ0n) is 6.27. The van der Waals surface area contributed by atoms with Crippen LogP contribution in [0.5, 0.6) is 0 Å². The number of hydrogen-bond acceptors (Lipinski definition) is 4. The van der Waals surface area contributed by atoms with E-state index >= 15 is 0 Å². The number of carboxylic acid groups (broad SMARTS) is 2. The molecule has 1 unspecified atom stereocenters. The van der Waals surface area contributed by atoms with Gasteiger partial charge in [0.05, 0.1) is 0 Å². The molecule has 4 nitrogen and oxygen atoms in total. The van der Waals surface area contributed by atoms with Gasteiger partial charge in [-0.2, -0.15) is 0 Å². The van der Waals surface area contributed by atoms with Crippen molar-refractivity contribution in [1.82, 2.24) is 0 Å². The van der Waals surface area contributed by atoms with Gasteiger partial charge in [-0.3, -0.25) is 9.59 Å². The summed E-state index contributed by atoms with van der Waals surface area (Å²) in [5.41, 5.74) is 0. The topological polar surface area (TPSA) is 74.6 Å². The predicted octanol–water partition coefficient (Wildman–Crippen LogP) is 1.27. The summed E-state index contributed by atoms with van der Waals surface area (Å²) in [4.78, 5) is 20.5. The van der Waals surface area contributed by atoms with Gasteiger partial charge in [-0.05, 0) is 12.8 Å². The van der Waals surface area contributed by atoms with Crippen LogP contribution in [0, 0.1) is 0 Å². The van der Waals surface area contributed by atoms with Gasteiger partial charge in [0.1, 0.15) is 5.25 Å². The van der Waals surface area contributed by atoms with E-state index in [0.717, 1.165) is 10.8 Å². The van der Waals surface area contributed by atoms with Crippen LogP contribution in [0.4, 0.5) is 0 Å². The first-order valence-electron chi connectivity index (χ1n) is 3.32. The van der Waals surface area contributed by atoms with Gasteiger partial charge in [0.25, 0.3) is 0 Å². The highest BCUT2D eigenvalue weighted by molar-refractivity contribution is 8.69. The summed E-state index contributed by atoms with van der Waals surface area (Å²) in [6.07, 6.45) is 0.730. The summed E-state index contributed by atoms with van der Waals surface area (Å²) in [6.45, 7) is 0. The smallest absolute Gasteiger partial charge is 0.317 e. The van der Waals surface area contributed by atoms with Gasteiger partial charge in [-0.25, -0.2) is 0 Å². The average Bonchev–Trinajstić information content (AvgIpc) is 1.96. The van der Waals surface area contributed by atoms with Crippen LogP contribution in [0.3, 0.4) is 0 Å². The number of hydrogen-bond donors (Lipinski definition) is 3. The summed E-state index contributed by atoms with van der Waals surface area (Å²) in [7, 11) is 0.932. The molecule has 0 amide bonds. The van der Waals surface area contributed by atoms with Gasteiger partial charge in [0.15, 0.2) is 0 Å². The van der Waals surface area contributed by atoms with Crippen molar-refractivity contribution >= 4 is 34.4 Å². The highest BCUT2D eigenvalue weighted by atomic mass is 33.1. The molecule has 0 radical (unpaired) electrons. The Morgan fingerprint density at radius 1 is 1.42 bits per heavy atom. The van der Waals surface area contributed by atoms with Crippen LogP contribution in [0.25, 0.3) is 0 Å². The normalized spacial score (nSPS) is 12.4. The molecule has 0 fully saturated rings. The molecule has 0 aliphatic carbocycles. The first-order valence-corrected chi connectivity index (χ1v) is 5.26. The summed E-state index contributed by atoms with van der Waals surface area (Å²) in [5.74, 6) is -1.84. The molecule has 6 heteroatoms. The van der Waals surface area contributed by atoms with Gasteiger partial charge in [0, 0.05) is 6.42 Å². The van der Waals surface area contributed by atoms with Crippen LogP contribution in [0.2, 0.25) is 0 Å². The van der Waals surface area contributed by atoms with E-state index in [0.29, 0.717) is 12.8 Å². The van der Waals surface area contributed by atoms with Gasteiger partial charge in [-0.15, -0.1) is 11.7 Å². The van der Waals surface area contributed by atoms with Crippen molar-refractivity contribution in [1.29, 1.82) is 0 Å². The van der Waals surface area contributed by atoms with Crippen molar-refractivity contribution in [2.75, 3.05) is 0 Å². The second-order valence-electron chi connectivity index (χ2n) is 2.22. The van der Waals surface area contributed by atoms with E-state index in [1.807, 2.05) is 0 Å². The maximum absolute atomic E-state index is 10.4. The average molecular weight is 210 g/mol. The van der Waals surface area contributed by atoms with Crippen LogP contribution >= 0.6 is 22.5 Å². The molecular weight excluding hydrogens is 200 g/mol. The van der Waals surface area contributed by atoms with E-state index in [2.05, 4.69) is 11.7 Å². The second kappa shape index (κ2) is 6.19. The first-order chi connectivity index (χ1) is 5.57. The van der Waals surface area contributed by atoms with E-state index in [-0.39, 0.29) is 6.42 Å². The molecule has 0 saturated heterocycles. The van der Waals surface area contributed by atoms with E-state index < -0.39 is 17.2 Å². The van der Waals surface area contributed by atoms with Crippen molar-refractivity contribution in [2.45, 2.75) is 24.5 Å². The monoisotopic (exact) mass is 210 g/mol. The Hall–Kier alpha value is -0.360. The van der Waals surface area contributed by atoms with Crippen molar-refractivity contribution in [3.05, 3.63) is 0 Å². The quantitative estimate of drug-likeness (QED) is 0.455. The van der Waals surface area contributed by atoms with Gasteiger partial charge >= 0.3 is 11.9 Å². The molecule has 0 aliphatic heterocycles. The van der Waals surface area contributed by atoms with E-state index in [4.69, 9.17) is 10.2 Å². The Kier molecular flexibility index (Phi) is 6.00. The van der Waals surface area contributed by atoms with E-state index in [1.165, 1.54) is 0 Å². The number of rotatable bonds is 6. The Labute approximate surface area is 79.2 Å². The third-order valence-electron chi connectivity index (χ3n) is 1.26. The molecule has 0 aromatic rings. The first kappa shape index (κ1) is 11.6. The highest BCUT2D eigenvalue weighted by Crippen LogP contribution is 2.20. The summed E-state index contributed by atoms with van der Waals surface area (Å²) in [5, 5.41) is 16.2. The Morgan fingerprint density at radius 3 is 2.33 bits per heavy atom. The lowest BCUT2D eigenvalue weighted by atomic mass is 10.2. The maximum atomic E-state index is 10.4. The highest BCUT2D eigenvalue weighted by Gasteiger charge is 2.16. The van der Waals surface area contributed by atoms with Gasteiger partial charge in [0.2, 0.25) is 0 Å². The van der Waals surface area contributed by atoms with Crippen molar-refractivity contribution in [3.63, 3.8) is 0 Å². The molecule has 0 heterocycles. The Balaban J connectivity index is 3.59. The molecule has 0 saturated carbocycles. The predicted molar refractivity (Wildman–Crippen MR) is 49.5 cm³/mol. The van der Waals surface area contributed by atoms with Crippen molar-refractivity contribution in [3.8, 4) is 0 Å². The lowest BCUT2D eigenvalue weighted by molar-refractivity contribution is -0.139. The van der Waals surface area contributed by atoms with Gasteiger partial charge in [-0.1, -0.05) is 10.8 Å². The summed E-state index contributed by atoms with van der Waals surface area (Å²) in [6, 6.07) is 0. The summed E-state index contributed by atoms with van der Waals surface area (Å²) >= 11 is 3.77. The molecule has 2 N–H and O–H groups in total. The van der Waals surface area contributed by atoms with Crippen molar-refractivity contribution < 1.29 is 19.8 Å². The maximum Gasteiger partial charge on any atom is 0.317 e. The molecule has 70 valence electrons. The Morgan fingerprint density at radius 2 is 2.00 bits per heavy atom. The van der Waals surface area contributed by atoms with E-state index in [1.54, 1.807) is 0 Å². The standard InChI is InChI=1S/C6H10O4S2/c7-5(8)3-1-2-4(12-11)6(9)10/h4,11H,1-3H2,(H,7,8)(H,9,10). The minimum atomic E-state index is -0.944. The molecule has 0 aliphatic rings. The molecule has 12 heavy (non-hydrogen) atoms. The molecule has 0 aromatic carbocycles. The Bertz CT molecular complexity index is 171. The number of thiol groups is 1. The second-order valence-corrected chi connectivity index (χ2v) is 3.63. The molecule has 0 spiro atoms. The zero-order valence-corrected chi connectivity index (χ0v) is 7.98. The fourth-order valence-corrected chi connectivity index (χ4v) is 1.61. The van der Waals surface area contributed by atoms with Crippen LogP contribution in [-0.4, -0.2) is 27.4 Å². The zero-order chi connectivity index (χ0) is 9.56. The van der Waals surface area contributed by atoms with Gasteiger partial charge < -0.3 is 10.2 Å². The molecule has 1 atom stereocenters. The fraction of sp³-hybridized carbons (Fsp3) is 0.667. The molecular formula is C6H10O4S2. The van der Waals surface area contributed by atoms with Crippen LogP contribution < -0.4 is 0 Å². The molecule has 0 rings (SSSR count). The number of carbonyl (C=O) groups is 2. The lowest BCUT2D eigenvalue weighted by Crippen LogP contribution is -2.15. The van der Waals surface area contributed by atoms with E-state index in [9.17, 15) is 9.59 Å². The minimum Gasteiger partial charge on any atom is -0.481 e. The third-order valence-corrected chi connectivity index (χ3v) is 2.71. The summed E-state index contributed by atoms with van der Waals surface area (Å²) < 4.78 is 0. The SMILES string of the molecule is O=C(O)CCCC(SS)C(=O)O. The van der Waals surface area contributed by atoms with Crippen LogP contribution in [0.15, 0.2) is 0 Å². The van der Waals surface area contributed by atoms with Crippen molar-refractivity contribution in [2.24, 2.45) is 0 Å². The third kappa shape index (κ3) is 5.31. The molecule has 0 bridgehead atoms. The lowest BCUT2D eigenvalue weighted by Gasteiger charge is -2.05. The fourth-order valence-electron chi connectivity index (χ4n) is 0.660. The number of carboxylic acids is 2. The molecule has 0 aromatic heterocycles. The number of aliphatic carboxylic acids is 2. The largest absolute Gasteiger partial charge is 0.481 e. The van der Waals surface area contributed by atoms with Crippen LogP contribution in [0.1, 0.15) is 19.3 Å². The minimum absolute atomic E-state index is 0.0120.